The topological polar surface area (TPSA) is 24.1 Å². The molecule has 4 heteroatoms. The van der Waals surface area contributed by atoms with Crippen LogP contribution in [0.4, 0.5) is 10.1 Å². The molecule has 60 valence electrons. The number of hydrazine groups is 1. The Kier molecular flexibility index (Phi) is 2.68. The van der Waals surface area contributed by atoms with Gasteiger partial charge in [-0.1, -0.05) is 11.6 Å². The van der Waals surface area contributed by atoms with E-state index in [1.54, 1.807) is 19.2 Å². The number of benzene rings is 1. The smallest absolute Gasteiger partial charge is 0.149 e. The molecule has 1 rings (SSSR count). The third kappa shape index (κ3) is 2.06. The second-order valence-corrected chi connectivity index (χ2v) is 2.44. The third-order valence-corrected chi connectivity index (χ3v) is 1.43. The van der Waals surface area contributed by atoms with Crippen molar-refractivity contribution < 1.29 is 4.39 Å². The summed E-state index contributed by atoms with van der Waals surface area (Å²) < 4.78 is 12.9. The van der Waals surface area contributed by atoms with E-state index in [0.29, 0.717) is 10.7 Å². The van der Waals surface area contributed by atoms with Crippen LogP contribution in [0.3, 0.4) is 0 Å². The first kappa shape index (κ1) is 8.30. The van der Waals surface area contributed by atoms with Gasteiger partial charge < -0.3 is 5.43 Å². The molecule has 2 nitrogen and oxygen atoms in total. The Morgan fingerprint density at radius 2 is 2.18 bits per heavy atom. The van der Waals surface area contributed by atoms with Crippen LogP contribution >= 0.6 is 11.6 Å². The van der Waals surface area contributed by atoms with Crippen molar-refractivity contribution in [3.05, 3.63) is 29.0 Å². The number of hydrogen-bond acceptors (Lipinski definition) is 2. The largest absolute Gasteiger partial charge is 0.319 e. The van der Waals surface area contributed by atoms with E-state index in [2.05, 4.69) is 10.9 Å². The predicted molar refractivity (Wildman–Crippen MR) is 44.1 cm³/mol. The van der Waals surface area contributed by atoms with Crippen molar-refractivity contribution in [3.8, 4) is 0 Å². The molecule has 0 saturated carbocycles. The van der Waals surface area contributed by atoms with Crippen molar-refractivity contribution in [3.63, 3.8) is 0 Å². The van der Waals surface area contributed by atoms with E-state index >= 15 is 0 Å². The van der Waals surface area contributed by atoms with Crippen molar-refractivity contribution in [1.82, 2.24) is 5.43 Å². The minimum Gasteiger partial charge on any atom is -0.319 e. The minimum absolute atomic E-state index is 0.369. The highest BCUT2D eigenvalue weighted by molar-refractivity contribution is 6.30. The zero-order valence-corrected chi connectivity index (χ0v) is 6.74. The zero-order valence-electron chi connectivity index (χ0n) is 5.99. The number of anilines is 1. The highest BCUT2D eigenvalue weighted by atomic mass is 35.5. The molecule has 0 unspecified atom stereocenters. The van der Waals surface area contributed by atoms with Crippen LogP contribution < -0.4 is 10.9 Å². The molecule has 0 aliphatic rings. The van der Waals surface area contributed by atoms with Gasteiger partial charge in [-0.05, 0) is 18.2 Å². The Morgan fingerprint density at radius 3 is 2.73 bits per heavy atom. The van der Waals surface area contributed by atoms with Gasteiger partial charge in [-0.25, -0.2) is 9.82 Å². The van der Waals surface area contributed by atoms with Crippen LogP contribution in [0.25, 0.3) is 0 Å². The van der Waals surface area contributed by atoms with E-state index in [-0.39, 0.29) is 5.82 Å². The van der Waals surface area contributed by atoms with Gasteiger partial charge in [0.2, 0.25) is 0 Å². The Bertz CT molecular complexity index is 252. The van der Waals surface area contributed by atoms with E-state index in [1.165, 1.54) is 6.07 Å². The standard InChI is InChI=1S/C7H8ClFN2/c1-10-11-7-3-2-5(8)4-6(7)9/h2-4,10-11H,1H3. The molecule has 0 aromatic heterocycles. The quantitative estimate of drug-likeness (QED) is 0.671. The second-order valence-electron chi connectivity index (χ2n) is 2.00. The Labute approximate surface area is 69.3 Å². The van der Waals surface area contributed by atoms with Gasteiger partial charge in [-0.3, -0.25) is 0 Å². The van der Waals surface area contributed by atoms with Gasteiger partial charge in [0, 0.05) is 12.1 Å². The molecular formula is C7H8ClFN2. The molecule has 0 heterocycles. The zero-order chi connectivity index (χ0) is 8.27. The van der Waals surface area contributed by atoms with Crippen molar-refractivity contribution in [2.24, 2.45) is 0 Å². The third-order valence-electron chi connectivity index (χ3n) is 1.19. The molecular weight excluding hydrogens is 167 g/mol. The summed E-state index contributed by atoms with van der Waals surface area (Å²) in [5, 5.41) is 0.393. The fourth-order valence-electron chi connectivity index (χ4n) is 0.726. The average Bonchev–Trinajstić information content (AvgIpc) is 1.95. The van der Waals surface area contributed by atoms with Gasteiger partial charge >= 0.3 is 0 Å². The van der Waals surface area contributed by atoms with Gasteiger partial charge in [0.25, 0.3) is 0 Å². The highest BCUT2D eigenvalue weighted by Gasteiger charge is 1.99. The van der Waals surface area contributed by atoms with Crippen LogP contribution in [-0.2, 0) is 0 Å². The molecule has 0 atom stereocenters. The first-order chi connectivity index (χ1) is 5.24. The maximum absolute atomic E-state index is 12.9. The molecule has 1 aromatic carbocycles. The fourth-order valence-corrected chi connectivity index (χ4v) is 0.884. The lowest BCUT2D eigenvalue weighted by Gasteiger charge is -2.04. The molecule has 0 bridgehead atoms. The van der Waals surface area contributed by atoms with Crippen LogP contribution in [0, 0.1) is 5.82 Å². The van der Waals surface area contributed by atoms with Crippen molar-refractivity contribution in [2.75, 3.05) is 12.5 Å². The fraction of sp³-hybridized carbons (Fsp3) is 0.143. The molecule has 0 fully saturated rings. The molecule has 0 saturated heterocycles. The lowest BCUT2D eigenvalue weighted by Crippen LogP contribution is -2.15. The maximum Gasteiger partial charge on any atom is 0.149 e. The second kappa shape index (κ2) is 3.55. The number of hydrogen-bond donors (Lipinski definition) is 2. The number of halogens is 2. The van der Waals surface area contributed by atoms with Gasteiger partial charge in [-0.15, -0.1) is 0 Å². The highest BCUT2D eigenvalue weighted by Crippen LogP contribution is 2.17. The molecule has 11 heavy (non-hydrogen) atoms. The first-order valence-electron chi connectivity index (χ1n) is 3.12. The van der Waals surface area contributed by atoms with Crippen LogP contribution in [0.5, 0.6) is 0 Å². The van der Waals surface area contributed by atoms with Gasteiger partial charge in [0.05, 0.1) is 5.69 Å². The normalized spacial score (nSPS) is 9.73. The summed E-state index contributed by atoms with van der Waals surface area (Å²) in [6.45, 7) is 0. The summed E-state index contributed by atoms with van der Waals surface area (Å²) >= 11 is 5.53. The summed E-state index contributed by atoms with van der Waals surface area (Å²) in [6.07, 6.45) is 0. The minimum atomic E-state index is -0.369. The van der Waals surface area contributed by atoms with Gasteiger partial charge in [0.15, 0.2) is 0 Å². The maximum atomic E-state index is 12.9. The van der Waals surface area contributed by atoms with E-state index in [0.717, 1.165) is 0 Å². The molecule has 0 aliphatic heterocycles. The monoisotopic (exact) mass is 174 g/mol. The van der Waals surface area contributed by atoms with Gasteiger partial charge in [0.1, 0.15) is 5.82 Å². The van der Waals surface area contributed by atoms with Crippen molar-refractivity contribution in [1.29, 1.82) is 0 Å². The molecule has 0 amide bonds. The Balaban J connectivity index is 2.90. The Morgan fingerprint density at radius 1 is 1.45 bits per heavy atom. The molecule has 0 spiro atoms. The first-order valence-corrected chi connectivity index (χ1v) is 3.49. The SMILES string of the molecule is CNNc1ccc(Cl)cc1F. The predicted octanol–water partition coefficient (Wildman–Crippen LogP) is 2.03. The van der Waals surface area contributed by atoms with Crippen molar-refractivity contribution >= 4 is 17.3 Å². The lowest BCUT2D eigenvalue weighted by atomic mass is 10.3. The molecule has 0 aliphatic carbocycles. The summed E-state index contributed by atoms with van der Waals surface area (Å²) in [5.41, 5.74) is 5.62. The molecule has 1 aromatic rings. The molecule has 2 N–H and O–H groups in total. The summed E-state index contributed by atoms with van der Waals surface area (Å²) in [4.78, 5) is 0. The van der Waals surface area contributed by atoms with Crippen LogP contribution in [0.15, 0.2) is 18.2 Å². The average molecular weight is 175 g/mol. The summed E-state index contributed by atoms with van der Waals surface area (Å²) in [6, 6.07) is 4.43. The van der Waals surface area contributed by atoms with E-state index in [9.17, 15) is 4.39 Å². The summed E-state index contributed by atoms with van der Waals surface area (Å²) in [7, 11) is 1.66. The van der Waals surface area contributed by atoms with Gasteiger partial charge in [-0.2, -0.15) is 0 Å². The number of nitrogens with one attached hydrogen (secondary N) is 2. The summed E-state index contributed by atoms with van der Waals surface area (Å²) in [5.74, 6) is -0.369. The lowest BCUT2D eigenvalue weighted by molar-refractivity contribution is 0.628. The number of rotatable bonds is 2. The van der Waals surface area contributed by atoms with Crippen LogP contribution in [-0.4, -0.2) is 7.05 Å². The van der Waals surface area contributed by atoms with Crippen LogP contribution in [0.1, 0.15) is 0 Å². The van der Waals surface area contributed by atoms with Crippen LogP contribution in [0.2, 0.25) is 5.02 Å². The Hall–Kier alpha value is -0.800. The van der Waals surface area contributed by atoms with E-state index in [1.807, 2.05) is 0 Å². The van der Waals surface area contributed by atoms with E-state index in [4.69, 9.17) is 11.6 Å². The van der Waals surface area contributed by atoms with E-state index < -0.39 is 0 Å². The van der Waals surface area contributed by atoms with Crippen molar-refractivity contribution in [2.45, 2.75) is 0 Å². The molecule has 0 radical (unpaired) electrons.